The summed E-state index contributed by atoms with van der Waals surface area (Å²) in [7, 11) is 0. The Balaban J connectivity index is 2.33. The quantitative estimate of drug-likeness (QED) is 0.856. The van der Waals surface area contributed by atoms with E-state index in [1.54, 1.807) is 0 Å². The predicted octanol–water partition coefficient (Wildman–Crippen LogP) is 3.69. The summed E-state index contributed by atoms with van der Waals surface area (Å²) in [6.45, 7) is 1.95. The van der Waals surface area contributed by atoms with E-state index >= 15 is 0 Å². The zero-order valence-corrected chi connectivity index (χ0v) is 12.8. The number of rotatable bonds is 6. The molecule has 2 unspecified atom stereocenters. The van der Waals surface area contributed by atoms with E-state index in [0.717, 1.165) is 17.5 Å². The van der Waals surface area contributed by atoms with Crippen LogP contribution in [0.1, 0.15) is 30.6 Å². The van der Waals surface area contributed by atoms with Crippen molar-refractivity contribution in [1.29, 1.82) is 0 Å². The Morgan fingerprint density at radius 3 is 2.62 bits per heavy atom. The topological polar surface area (TPSA) is 55.5 Å². The van der Waals surface area contributed by atoms with Crippen molar-refractivity contribution >= 4 is 11.6 Å². The largest absolute Gasteiger partial charge is 0.484 e. The van der Waals surface area contributed by atoms with Gasteiger partial charge in [-0.05, 0) is 30.2 Å². The minimum Gasteiger partial charge on any atom is -0.484 e. The van der Waals surface area contributed by atoms with Gasteiger partial charge in [-0.25, -0.2) is 0 Å². The smallest absolute Gasteiger partial charge is 0.139 e. The summed E-state index contributed by atoms with van der Waals surface area (Å²) < 4.78 is 6.09. The summed E-state index contributed by atoms with van der Waals surface area (Å²) in [6.07, 6.45) is 0.472. The van der Waals surface area contributed by atoms with Crippen molar-refractivity contribution in [2.45, 2.75) is 32.1 Å². The summed E-state index contributed by atoms with van der Waals surface area (Å²) in [4.78, 5) is 0. The molecular formula is C17H20ClNO2. The maximum atomic E-state index is 9.41. The van der Waals surface area contributed by atoms with Gasteiger partial charge in [0, 0.05) is 16.6 Å². The maximum Gasteiger partial charge on any atom is 0.139 e. The Bertz CT molecular complexity index is 589. The van der Waals surface area contributed by atoms with Crippen LogP contribution in [0.25, 0.3) is 0 Å². The van der Waals surface area contributed by atoms with Crippen molar-refractivity contribution in [3.8, 4) is 5.75 Å². The second-order valence-electron chi connectivity index (χ2n) is 4.93. The minimum absolute atomic E-state index is 0.0696. The Morgan fingerprint density at radius 1 is 1.19 bits per heavy atom. The highest BCUT2D eigenvalue weighted by molar-refractivity contribution is 6.30. The van der Waals surface area contributed by atoms with Gasteiger partial charge in [0.15, 0.2) is 0 Å². The average Bonchev–Trinajstić information content (AvgIpc) is 2.52. The highest BCUT2D eigenvalue weighted by Gasteiger charge is 2.21. The fraction of sp³-hybridized carbons (Fsp3) is 0.294. The van der Waals surface area contributed by atoms with Crippen LogP contribution in [-0.2, 0) is 6.61 Å². The van der Waals surface area contributed by atoms with E-state index in [4.69, 9.17) is 22.1 Å². The Morgan fingerprint density at radius 2 is 1.95 bits per heavy atom. The summed E-state index contributed by atoms with van der Waals surface area (Å²) >= 11 is 6.06. The Hall–Kier alpha value is -1.55. The summed E-state index contributed by atoms with van der Waals surface area (Å²) in [6, 6.07) is 14.8. The van der Waals surface area contributed by atoms with Crippen molar-refractivity contribution in [1.82, 2.24) is 0 Å². The lowest BCUT2D eigenvalue weighted by atomic mass is 10.0. The third-order valence-corrected chi connectivity index (χ3v) is 3.67. The number of hydrogen-bond donors (Lipinski definition) is 2. The molecule has 0 aliphatic rings. The molecule has 3 N–H and O–H groups in total. The van der Waals surface area contributed by atoms with Crippen molar-refractivity contribution in [3.63, 3.8) is 0 Å². The molecule has 0 saturated heterocycles. The fourth-order valence-electron chi connectivity index (χ4n) is 2.19. The number of nitrogens with two attached hydrogens (primary N) is 1. The first-order valence-electron chi connectivity index (χ1n) is 7.02. The second-order valence-corrected chi connectivity index (χ2v) is 5.37. The summed E-state index contributed by atoms with van der Waals surface area (Å²) in [5.74, 6) is 0.647. The summed E-state index contributed by atoms with van der Waals surface area (Å²) in [5, 5.41) is 10.1. The molecule has 0 spiro atoms. The predicted molar refractivity (Wildman–Crippen MR) is 85.5 cm³/mol. The van der Waals surface area contributed by atoms with Gasteiger partial charge in [-0.1, -0.05) is 48.9 Å². The van der Waals surface area contributed by atoms with E-state index in [-0.39, 0.29) is 18.8 Å². The molecule has 112 valence electrons. The van der Waals surface area contributed by atoms with Crippen LogP contribution in [-0.4, -0.2) is 11.1 Å². The van der Waals surface area contributed by atoms with Gasteiger partial charge >= 0.3 is 0 Å². The van der Waals surface area contributed by atoms with Gasteiger partial charge in [0.25, 0.3) is 0 Å². The number of benzene rings is 2. The van der Waals surface area contributed by atoms with Gasteiger partial charge in [0.2, 0.25) is 0 Å². The van der Waals surface area contributed by atoms with Gasteiger partial charge in [-0.2, -0.15) is 0 Å². The number of ether oxygens (including phenoxy) is 1. The molecule has 2 aromatic carbocycles. The first-order chi connectivity index (χ1) is 10.2. The second kappa shape index (κ2) is 7.46. The highest BCUT2D eigenvalue weighted by atomic mass is 35.5. The van der Waals surface area contributed by atoms with Crippen LogP contribution >= 0.6 is 11.6 Å². The molecule has 0 radical (unpaired) electrons. The standard InChI is InChI=1S/C17H20ClNO2/c1-2-15(19)17(12-7-5-8-14(18)10-12)21-16-9-4-3-6-13(16)11-20/h3-10,15,17,20H,2,11,19H2,1H3. The molecule has 0 aliphatic carbocycles. The third-order valence-electron chi connectivity index (χ3n) is 3.43. The lowest BCUT2D eigenvalue weighted by Gasteiger charge is -2.26. The van der Waals surface area contributed by atoms with Crippen LogP contribution < -0.4 is 10.5 Å². The molecule has 0 aromatic heterocycles. The lowest BCUT2D eigenvalue weighted by Crippen LogP contribution is -2.31. The molecule has 0 heterocycles. The van der Waals surface area contributed by atoms with Gasteiger partial charge in [-0.15, -0.1) is 0 Å². The van der Waals surface area contributed by atoms with E-state index in [1.165, 1.54) is 0 Å². The molecule has 0 amide bonds. The normalized spacial score (nSPS) is 13.7. The summed E-state index contributed by atoms with van der Waals surface area (Å²) in [5.41, 5.74) is 7.89. The van der Waals surface area contributed by atoms with Crippen LogP contribution in [0.5, 0.6) is 5.75 Å². The molecule has 0 saturated carbocycles. The molecule has 4 heteroatoms. The van der Waals surface area contributed by atoms with Crippen LogP contribution in [0.15, 0.2) is 48.5 Å². The SMILES string of the molecule is CCC(N)C(Oc1ccccc1CO)c1cccc(Cl)c1. The zero-order chi connectivity index (χ0) is 15.2. The van der Waals surface area contributed by atoms with E-state index in [2.05, 4.69) is 0 Å². The first-order valence-corrected chi connectivity index (χ1v) is 7.40. The zero-order valence-electron chi connectivity index (χ0n) is 12.0. The molecule has 2 rings (SSSR count). The van der Waals surface area contributed by atoms with Gasteiger partial charge < -0.3 is 15.6 Å². The van der Waals surface area contributed by atoms with Gasteiger partial charge in [0.05, 0.1) is 6.61 Å². The van der Waals surface area contributed by atoms with Gasteiger partial charge in [0.1, 0.15) is 11.9 Å². The molecule has 0 bridgehead atoms. The van der Waals surface area contributed by atoms with E-state index < -0.39 is 0 Å². The monoisotopic (exact) mass is 305 g/mol. The molecule has 0 aliphatic heterocycles. The van der Waals surface area contributed by atoms with Crippen LogP contribution in [0.4, 0.5) is 0 Å². The van der Waals surface area contributed by atoms with Crippen LogP contribution in [0, 0.1) is 0 Å². The third kappa shape index (κ3) is 3.97. The Labute approximate surface area is 130 Å². The maximum absolute atomic E-state index is 9.41. The molecule has 21 heavy (non-hydrogen) atoms. The average molecular weight is 306 g/mol. The van der Waals surface area contributed by atoms with E-state index in [9.17, 15) is 5.11 Å². The van der Waals surface area contributed by atoms with Crippen molar-refractivity contribution in [3.05, 3.63) is 64.7 Å². The van der Waals surface area contributed by atoms with E-state index in [1.807, 2.05) is 55.5 Å². The number of aliphatic hydroxyl groups excluding tert-OH is 1. The van der Waals surface area contributed by atoms with Crippen molar-refractivity contribution in [2.75, 3.05) is 0 Å². The Kier molecular flexibility index (Phi) is 5.62. The molecule has 2 aromatic rings. The molecule has 3 nitrogen and oxygen atoms in total. The van der Waals surface area contributed by atoms with Crippen LogP contribution in [0.2, 0.25) is 5.02 Å². The van der Waals surface area contributed by atoms with Crippen molar-refractivity contribution in [2.24, 2.45) is 5.73 Å². The van der Waals surface area contributed by atoms with Crippen LogP contribution in [0.3, 0.4) is 0 Å². The minimum atomic E-state index is -0.304. The highest BCUT2D eigenvalue weighted by Crippen LogP contribution is 2.29. The number of aliphatic hydroxyl groups is 1. The lowest BCUT2D eigenvalue weighted by molar-refractivity contribution is 0.164. The van der Waals surface area contributed by atoms with E-state index in [0.29, 0.717) is 10.8 Å². The number of para-hydroxylation sites is 1. The molecular weight excluding hydrogens is 286 g/mol. The van der Waals surface area contributed by atoms with Crippen molar-refractivity contribution < 1.29 is 9.84 Å². The number of halogens is 1. The molecule has 2 atom stereocenters. The number of hydrogen-bond acceptors (Lipinski definition) is 3. The molecule has 0 fully saturated rings. The first kappa shape index (κ1) is 15.8. The van der Waals surface area contributed by atoms with Gasteiger partial charge in [-0.3, -0.25) is 0 Å². The fourth-order valence-corrected chi connectivity index (χ4v) is 2.39.